The summed E-state index contributed by atoms with van der Waals surface area (Å²) < 4.78 is 0. The van der Waals surface area contributed by atoms with E-state index in [1.54, 1.807) is 0 Å². The molecule has 1 aromatic rings. The SMILES string of the molecule is CN1CNc2ncnc(N)c21. The van der Waals surface area contributed by atoms with Gasteiger partial charge in [0.05, 0.1) is 6.67 Å². The fourth-order valence-electron chi connectivity index (χ4n) is 1.17. The van der Waals surface area contributed by atoms with Gasteiger partial charge in [-0.15, -0.1) is 0 Å². The minimum Gasteiger partial charge on any atom is -0.382 e. The highest BCUT2D eigenvalue weighted by atomic mass is 15.3. The van der Waals surface area contributed by atoms with E-state index < -0.39 is 0 Å². The largest absolute Gasteiger partial charge is 0.382 e. The van der Waals surface area contributed by atoms with Crippen molar-refractivity contribution < 1.29 is 0 Å². The zero-order valence-corrected chi connectivity index (χ0v) is 6.20. The van der Waals surface area contributed by atoms with Gasteiger partial charge >= 0.3 is 0 Å². The molecule has 5 heteroatoms. The maximum Gasteiger partial charge on any atom is 0.156 e. The first kappa shape index (κ1) is 6.21. The van der Waals surface area contributed by atoms with Crippen LogP contribution in [-0.4, -0.2) is 23.7 Å². The average Bonchev–Trinajstić information content (AvgIpc) is 2.34. The van der Waals surface area contributed by atoms with Gasteiger partial charge in [0.2, 0.25) is 0 Å². The Labute approximate surface area is 64.2 Å². The molecule has 0 aromatic carbocycles. The molecule has 0 saturated heterocycles. The van der Waals surface area contributed by atoms with Crippen LogP contribution in [0.25, 0.3) is 0 Å². The van der Waals surface area contributed by atoms with Crippen LogP contribution in [0, 0.1) is 0 Å². The number of fused-ring (bicyclic) bond motifs is 1. The summed E-state index contributed by atoms with van der Waals surface area (Å²) in [5.41, 5.74) is 6.53. The van der Waals surface area contributed by atoms with Crippen LogP contribution in [-0.2, 0) is 0 Å². The van der Waals surface area contributed by atoms with E-state index in [0.717, 1.165) is 18.2 Å². The van der Waals surface area contributed by atoms with Crippen LogP contribution >= 0.6 is 0 Å². The summed E-state index contributed by atoms with van der Waals surface area (Å²) >= 11 is 0. The molecule has 1 aliphatic heterocycles. The van der Waals surface area contributed by atoms with E-state index in [4.69, 9.17) is 5.73 Å². The lowest BCUT2D eigenvalue weighted by Crippen LogP contribution is -2.17. The van der Waals surface area contributed by atoms with E-state index in [2.05, 4.69) is 15.3 Å². The third-order valence-electron chi connectivity index (χ3n) is 1.72. The summed E-state index contributed by atoms with van der Waals surface area (Å²) in [5, 5.41) is 3.09. The summed E-state index contributed by atoms with van der Waals surface area (Å²) in [6, 6.07) is 0. The predicted molar refractivity (Wildman–Crippen MR) is 43.3 cm³/mol. The van der Waals surface area contributed by atoms with Gasteiger partial charge in [-0.1, -0.05) is 0 Å². The third-order valence-corrected chi connectivity index (χ3v) is 1.72. The minimum atomic E-state index is 0.530. The molecule has 0 spiro atoms. The average molecular weight is 151 g/mol. The number of hydrogen-bond donors (Lipinski definition) is 2. The fourth-order valence-corrected chi connectivity index (χ4v) is 1.17. The Bertz CT molecular complexity index is 284. The Balaban J connectivity index is 2.58. The van der Waals surface area contributed by atoms with Crippen molar-refractivity contribution >= 4 is 17.3 Å². The maximum atomic E-state index is 5.63. The van der Waals surface area contributed by atoms with Crippen LogP contribution in [0.1, 0.15) is 0 Å². The molecule has 0 aliphatic carbocycles. The van der Waals surface area contributed by atoms with Crippen molar-refractivity contribution in [1.29, 1.82) is 0 Å². The Kier molecular flexibility index (Phi) is 1.12. The highest BCUT2D eigenvalue weighted by Gasteiger charge is 2.18. The molecular formula is C6H9N5. The summed E-state index contributed by atoms with van der Waals surface area (Å²) in [4.78, 5) is 9.89. The normalized spacial score (nSPS) is 14.5. The molecule has 0 bridgehead atoms. The standard InChI is InChI=1S/C6H9N5/c1-11-3-10-6-4(11)5(7)8-2-9-6/h2H,3H2,1H3,(H3,7,8,9,10). The highest BCUT2D eigenvalue weighted by molar-refractivity contribution is 5.79. The van der Waals surface area contributed by atoms with Gasteiger partial charge in [-0.3, -0.25) is 0 Å². The zero-order valence-electron chi connectivity index (χ0n) is 6.20. The van der Waals surface area contributed by atoms with E-state index >= 15 is 0 Å². The Morgan fingerprint density at radius 3 is 3.18 bits per heavy atom. The van der Waals surface area contributed by atoms with Crippen molar-refractivity contribution in [2.75, 3.05) is 29.7 Å². The van der Waals surface area contributed by atoms with E-state index in [9.17, 15) is 0 Å². The zero-order chi connectivity index (χ0) is 7.84. The quantitative estimate of drug-likeness (QED) is 0.541. The molecule has 0 saturated carbocycles. The topological polar surface area (TPSA) is 67.1 Å². The van der Waals surface area contributed by atoms with Gasteiger partial charge in [0.15, 0.2) is 11.6 Å². The van der Waals surface area contributed by atoms with Crippen molar-refractivity contribution in [3.8, 4) is 0 Å². The minimum absolute atomic E-state index is 0.530. The molecule has 1 aromatic heterocycles. The van der Waals surface area contributed by atoms with Gasteiger partial charge in [0, 0.05) is 7.05 Å². The van der Waals surface area contributed by atoms with Gasteiger partial charge in [-0.05, 0) is 0 Å². The maximum absolute atomic E-state index is 5.63. The smallest absolute Gasteiger partial charge is 0.156 e. The number of anilines is 3. The second-order valence-corrected chi connectivity index (χ2v) is 2.49. The summed E-state index contributed by atoms with van der Waals surface area (Å²) in [7, 11) is 1.94. The molecule has 2 rings (SSSR count). The molecule has 58 valence electrons. The lowest BCUT2D eigenvalue weighted by atomic mass is 10.4. The first-order chi connectivity index (χ1) is 5.29. The van der Waals surface area contributed by atoms with Crippen molar-refractivity contribution in [3.05, 3.63) is 6.33 Å². The van der Waals surface area contributed by atoms with E-state index in [1.165, 1.54) is 6.33 Å². The number of aromatic nitrogens is 2. The summed E-state index contributed by atoms with van der Waals surface area (Å²) in [6.45, 7) is 0.748. The summed E-state index contributed by atoms with van der Waals surface area (Å²) in [5.74, 6) is 1.35. The first-order valence-electron chi connectivity index (χ1n) is 3.34. The third kappa shape index (κ3) is 0.772. The predicted octanol–water partition coefficient (Wildman–Crippen LogP) is -0.122. The molecule has 1 aliphatic rings. The van der Waals surface area contributed by atoms with Crippen LogP contribution in [0.5, 0.6) is 0 Å². The fraction of sp³-hybridized carbons (Fsp3) is 0.333. The molecule has 3 N–H and O–H groups in total. The number of rotatable bonds is 0. The molecule has 0 atom stereocenters. The molecule has 0 amide bonds. The van der Waals surface area contributed by atoms with Crippen LogP contribution in [0.15, 0.2) is 6.33 Å². The van der Waals surface area contributed by atoms with Gasteiger partial charge in [0.1, 0.15) is 12.0 Å². The second-order valence-electron chi connectivity index (χ2n) is 2.49. The van der Waals surface area contributed by atoms with E-state index in [1.807, 2.05) is 11.9 Å². The molecule has 0 fully saturated rings. The number of nitrogen functional groups attached to an aromatic ring is 1. The second kappa shape index (κ2) is 1.98. The van der Waals surface area contributed by atoms with E-state index in [0.29, 0.717) is 5.82 Å². The number of nitrogens with one attached hydrogen (secondary N) is 1. The Morgan fingerprint density at radius 2 is 2.45 bits per heavy atom. The van der Waals surface area contributed by atoms with Gasteiger partial charge < -0.3 is 16.0 Å². The van der Waals surface area contributed by atoms with Gasteiger partial charge in [-0.2, -0.15) is 0 Å². The van der Waals surface area contributed by atoms with Crippen LogP contribution in [0.2, 0.25) is 0 Å². The van der Waals surface area contributed by atoms with Crippen LogP contribution < -0.4 is 16.0 Å². The van der Waals surface area contributed by atoms with Crippen molar-refractivity contribution in [3.63, 3.8) is 0 Å². The Hall–Kier alpha value is -1.52. The Morgan fingerprint density at radius 1 is 1.64 bits per heavy atom. The molecule has 0 radical (unpaired) electrons. The molecule has 11 heavy (non-hydrogen) atoms. The number of nitrogens with two attached hydrogens (primary N) is 1. The monoisotopic (exact) mass is 151 g/mol. The van der Waals surface area contributed by atoms with Crippen LogP contribution in [0.4, 0.5) is 17.3 Å². The van der Waals surface area contributed by atoms with Gasteiger partial charge in [0.25, 0.3) is 0 Å². The summed E-state index contributed by atoms with van der Waals surface area (Å²) in [6.07, 6.45) is 1.46. The lowest BCUT2D eigenvalue weighted by molar-refractivity contribution is 1.03. The van der Waals surface area contributed by atoms with Gasteiger partial charge in [-0.25, -0.2) is 9.97 Å². The number of nitrogens with zero attached hydrogens (tertiary/aromatic N) is 3. The van der Waals surface area contributed by atoms with E-state index in [-0.39, 0.29) is 0 Å². The molecule has 2 heterocycles. The van der Waals surface area contributed by atoms with Crippen molar-refractivity contribution in [1.82, 2.24) is 9.97 Å². The van der Waals surface area contributed by atoms with Crippen molar-refractivity contribution in [2.45, 2.75) is 0 Å². The highest BCUT2D eigenvalue weighted by Crippen LogP contribution is 2.31. The molecule has 5 nitrogen and oxygen atoms in total. The first-order valence-corrected chi connectivity index (χ1v) is 3.34. The lowest BCUT2D eigenvalue weighted by Gasteiger charge is -2.09. The van der Waals surface area contributed by atoms with Crippen LogP contribution in [0.3, 0.4) is 0 Å². The molecule has 0 unspecified atom stereocenters. The number of hydrogen-bond acceptors (Lipinski definition) is 5. The van der Waals surface area contributed by atoms with Crippen molar-refractivity contribution in [2.24, 2.45) is 0 Å². The molecular weight excluding hydrogens is 142 g/mol.